The van der Waals surface area contributed by atoms with Crippen LogP contribution >= 0.6 is 0 Å². The number of likely N-dealkylation sites (tertiary alicyclic amines) is 1. The van der Waals surface area contributed by atoms with E-state index in [2.05, 4.69) is 16.3 Å². The zero-order chi connectivity index (χ0) is 23.6. The molecule has 2 amide bonds. The van der Waals surface area contributed by atoms with Crippen molar-refractivity contribution in [2.75, 3.05) is 36.4 Å². The Bertz CT molecular complexity index is 1010. The molecule has 0 atom stereocenters. The summed E-state index contributed by atoms with van der Waals surface area (Å²) in [5, 5.41) is 3.03. The van der Waals surface area contributed by atoms with E-state index in [0.717, 1.165) is 36.5 Å². The van der Waals surface area contributed by atoms with Gasteiger partial charge < -0.3 is 15.1 Å². The number of hydrogen-bond acceptors (Lipinski definition) is 3. The number of nitrogens with one attached hydrogen (secondary N) is 1. The molecule has 1 N–H and O–H groups in total. The molecule has 0 aliphatic carbocycles. The van der Waals surface area contributed by atoms with Gasteiger partial charge in [0.25, 0.3) is 5.91 Å². The molecule has 2 aliphatic rings. The summed E-state index contributed by atoms with van der Waals surface area (Å²) in [5.41, 5.74) is 2.43. The van der Waals surface area contributed by atoms with Crippen molar-refractivity contribution in [2.45, 2.75) is 38.8 Å². The van der Waals surface area contributed by atoms with Gasteiger partial charge in [-0.3, -0.25) is 9.59 Å². The van der Waals surface area contributed by atoms with E-state index in [1.165, 1.54) is 30.7 Å². The first-order valence-electron chi connectivity index (χ1n) is 11.4. The van der Waals surface area contributed by atoms with Crippen LogP contribution in [-0.2, 0) is 11.0 Å². The Morgan fingerprint density at radius 2 is 1.58 bits per heavy atom. The molecule has 2 aromatic rings. The van der Waals surface area contributed by atoms with Crippen molar-refractivity contribution in [3.63, 3.8) is 0 Å². The Morgan fingerprint density at radius 1 is 0.939 bits per heavy atom. The topological polar surface area (TPSA) is 52.7 Å². The van der Waals surface area contributed by atoms with Gasteiger partial charge in [0.2, 0.25) is 5.91 Å². The number of halogens is 3. The van der Waals surface area contributed by atoms with Crippen molar-refractivity contribution in [1.82, 2.24) is 4.90 Å². The first kappa shape index (κ1) is 23.1. The number of piperidine rings is 1. The molecule has 0 radical (unpaired) electrons. The van der Waals surface area contributed by atoms with E-state index in [9.17, 15) is 22.8 Å². The lowest BCUT2D eigenvalue weighted by atomic mass is 9.95. The average molecular weight is 460 g/mol. The Labute approximate surface area is 191 Å². The summed E-state index contributed by atoms with van der Waals surface area (Å²) < 4.78 is 38.2. The highest BCUT2D eigenvalue weighted by atomic mass is 19.4. The normalized spacial score (nSPS) is 17.3. The number of carbonyl (C=O) groups excluding carboxylic acids is 2. The molecular weight excluding hydrogens is 431 g/mol. The fraction of sp³-hybridized carbons (Fsp3) is 0.440. The molecule has 2 aromatic carbocycles. The van der Waals surface area contributed by atoms with Crippen LogP contribution in [0.5, 0.6) is 0 Å². The molecular formula is C25H28F3N3O2. The van der Waals surface area contributed by atoms with E-state index < -0.39 is 11.7 Å². The Kier molecular flexibility index (Phi) is 6.63. The van der Waals surface area contributed by atoms with E-state index in [4.69, 9.17) is 0 Å². The van der Waals surface area contributed by atoms with Crippen LogP contribution in [0.2, 0.25) is 0 Å². The molecule has 5 nitrogen and oxygen atoms in total. The molecule has 0 bridgehead atoms. The molecule has 0 aromatic heterocycles. The number of benzene rings is 2. The first-order chi connectivity index (χ1) is 15.7. The van der Waals surface area contributed by atoms with Gasteiger partial charge in [0.15, 0.2) is 0 Å². The van der Waals surface area contributed by atoms with Gasteiger partial charge in [0.1, 0.15) is 0 Å². The molecule has 2 saturated heterocycles. The van der Waals surface area contributed by atoms with E-state index in [0.29, 0.717) is 25.9 Å². The van der Waals surface area contributed by atoms with Crippen molar-refractivity contribution in [3.05, 3.63) is 59.2 Å². The maximum Gasteiger partial charge on any atom is 0.416 e. The highest BCUT2D eigenvalue weighted by molar-refractivity contribution is 5.95. The molecule has 0 spiro atoms. The number of carbonyl (C=O) groups is 2. The number of alkyl halides is 3. The average Bonchev–Trinajstić information content (AvgIpc) is 3.34. The van der Waals surface area contributed by atoms with Crippen molar-refractivity contribution in [1.29, 1.82) is 0 Å². The number of anilines is 2. The SMILES string of the molecule is Cc1cc(N2CCCC2)ccc1NC(=O)C1CCN(C(=O)c2ccc(C(F)(F)F)cc2)CC1. The van der Waals surface area contributed by atoms with Gasteiger partial charge >= 0.3 is 6.18 Å². The minimum atomic E-state index is -4.43. The molecule has 4 rings (SSSR count). The lowest BCUT2D eigenvalue weighted by Gasteiger charge is -2.31. The second kappa shape index (κ2) is 9.45. The number of hydrogen-bond donors (Lipinski definition) is 1. The highest BCUT2D eigenvalue weighted by Crippen LogP contribution is 2.30. The molecule has 8 heteroatoms. The summed E-state index contributed by atoms with van der Waals surface area (Å²) in [5.74, 6) is -0.580. The van der Waals surface area contributed by atoms with Crippen molar-refractivity contribution in [2.24, 2.45) is 5.92 Å². The minimum absolute atomic E-state index is 0.0614. The summed E-state index contributed by atoms with van der Waals surface area (Å²) in [6, 6.07) is 10.3. The standard InChI is InChI=1S/C25H28F3N3O2/c1-17-16-21(30-12-2-3-13-30)8-9-22(17)29-23(32)18-10-14-31(15-11-18)24(33)19-4-6-20(7-5-19)25(26,27)28/h4-9,16,18H,2-3,10-15H2,1H3,(H,29,32). The predicted octanol–water partition coefficient (Wildman–Crippen LogP) is 5.10. The molecule has 176 valence electrons. The molecule has 2 aliphatic heterocycles. The van der Waals surface area contributed by atoms with Gasteiger partial charge in [-0.2, -0.15) is 13.2 Å². The van der Waals surface area contributed by atoms with Crippen LogP contribution < -0.4 is 10.2 Å². The van der Waals surface area contributed by atoms with Crippen LogP contribution in [0.4, 0.5) is 24.5 Å². The summed E-state index contributed by atoms with van der Waals surface area (Å²) in [7, 11) is 0. The van der Waals surface area contributed by atoms with Gasteiger partial charge in [-0.1, -0.05) is 0 Å². The molecule has 0 unspecified atom stereocenters. The lowest BCUT2D eigenvalue weighted by Crippen LogP contribution is -2.41. The highest BCUT2D eigenvalue weighted by Gasteiger charge is 2.31. The second-order valence-electron chi connectivity index (χ2n) is 8.82. The first-order valence-corrected chi connectivity index (χ1v) is 11.4. The van der Waals surface area contributed by atoms with E-state index >= 15 is 0 Å². The van der Waals surface area contributed by atoms with Gasteiger partial charge in [0, 0.05) is 49.0 Å². The largest absolute Gasteiger partial charge is 0.416 e. The maximum atomic E-state index is 12.8. The van der Waals surface area contributed by atoms with Crippen LogP contribution in [-0.4, -0.2) is 42.9 Å². The molecule has 0 saturated carbocycles. The smallest absolute Gasteiger partial charge is 0.372 e. The van der Waals surface area contributed by atoms with E-state index in [1.807, 2.05) is 19.1 Å². The number of amides is 2. The summed E-state index contributed by atoms with van der Waals surface area (Å²) >= 11 is 0. The van der Waals surface area contributed by atoms with E-state index in [1.54, 1.807) is 4.90 Å². The number of nitrogens with zero attached hydrogens (tertiary/aromatic N) is 2. The Morgan fingerprint density at radius 3 is 2.15 bits per heavy atom. The van der Waals surface area contributed by atoms with E-state index in [-0.39, 0.29) is 23.3 Å². The zero-order valence-electron chi connectivity index (χ0n) is 18.6. The van der Waals surface area contributed by atoms with Crippen LogP contribution in [0.15, 0.2) is 42.5 Å². The van der Waals surface area contributed by atoms with Crippen LogP contribution in [0.3, 0.4) is 0 Å². The fourth-order valence-corrected chi connectivity index (χ4v) is 4.52. The third-order valence-corrected chi connectivity index (χ3v) is 6.55. The summed E-state index contributed by atoms with van der Waals surface area (Å²) in [6.45, 7) is 4.90. The molecule has 33 heavy (non-hydrogen) atoms. The number of aryl methyl sites for hydroxylation is 1. The van der Waals surface area contributed by atoms with Crippen LogP contribution in [0.1, 0.15) is 47.2 Å². The Balaban J connectivity index is 1.31. The fourth-order valence-electron chi connectivity index (χ4n) is 4.52. The second-order valence-corrected chi connectivity index (χ2v) is 8.82. The van der Waals surface area contributed by atoms with Gasteiger partial charge in [-0.05, 0) is 80.6 Å². The van der Waals surface area contributed by atoms with Crippen molar-refractivity contribution >= 4 is 23.2 Å². The molecule has 2 fully saturated rings. The van der Waals surface area contributed by atoms with Crippen molar-refractivity contribution in [3.8, 4) is 0 Å². The maximum absolute atomic E-state index is 12.8. The third-order valence-electron chi connectivity index (χ3n) is 6.55. The van der Waals surface area contributed by atoms with Gasteiger partial charge in [-0.15, -0.1) is 0 Å². The third kappa shape index (κ3) is 5.31. The monoisotopic (exact) mass is 459 g/mol. The van der Waals surface area contributed by atoms with Crippen molar-refractivity contribution < 1.29 is 22.8 Å². The lowest BCUT2D eigenvalue weighted by molar-refractivity contribution is -0.137. The summed E-state index contributed by atoms with van der Waals surface area (Å²) in [4.78, 5) is 29.4. The van der Waals surface area contributed by atoms with Crippen LogP contribution in [0.25, 0.3) is 0 Å². The van der Waals surface area contributed by atoms with Gasteiger partial charge in [-0.25, -0.2) is 0 Å². The molecule has 2 heterocycles. The van der Waals surface area contributed by atoms with Gasteiger partial charge in [0.05, 0.1) is 5.56 Å². The quantitative estimate of drug-likeness (QED) is 0.692. The zero-order valence-corrected chi connectivity index (χ0v) is 18.6. The summed E-state index contributed by atoms with van der Waals surface area (Å²) in [6.07, 6.45) is -0.985. The Hall–Kier alpha value is -3.03. The number of rotatable bonds is 4. The minimum Gasteiger partial charge on any atom is -0.372 e. The van der Waals surface area contributed by atoms with Crippen LogP contribution in [0, 0.1) is 12.8 Å². The predicted molar refractivity (Wildman–Crippen MR) is 121 cm³/mol.